The fraction of sp³-hybridized carbons (Fsp3) is 0.158. The van der Waals surface area contributed by atoms with Crippen LogP contribution in [0.4, 0.5) is 0 Å². The van der Waals surface area contributed by atoms with E-state index >= 15 is 0 Å². The van der Waals surface area contributed by atoms with Crippen molar-refractivity contribution in [2.45, 2.75) is 19.3 Å². The molecule has 2 aromatic carbocycles. The third kappa shape index (κ3) is 4.53. The van der Waals surface area contributed by atoms with Crippen molar-refractivity contribution in [1.29, 1.82) is 0 Å². The molecule has 0 saturated heterocycles. The third-order valence-corrected chi connectivity index (χ3v) is 4.18. The van der Waals surface area contributed by atoms with Gasteiger partial charge in [-0.3, -0.25) is 9.78 Å². The van der Waals surface area contributed by atoms with Gasteiger partial charge < -0.3 is 8.58 Å². The van der Waals surface area contributed by atoms with Crippen molar-refractivity contribution in [1.82, 2.24) is 0 Å². The number of hydrogen-bond donors (Lipinski definition) is 0. The molecule has 8 heteroatoms. The van der Waals surface area contributed by atoms with Gasteiger partial charge in [-0.25, -0.2) is 9.59 Å². The van der Waals surface area contributed by atoms with Crippen molar-refractivity contribution in [3.8, 4) is 11.5 Å². The van der Waals surface area contributed by atoms with Crippen LogP contribution in [0.5, 0.6) is 11.5 Å². The summed E-state index contributed by atoms with van der Waals surface area (Å²) in [6.07, 6.45) is 1.68. The van der Waals surface area contributed by atoms with Crippen LogP contribution in [-0.2, 0) is 14.0 Å². The lowest BCUT2D eigenvalue weighted by molar-refractivity contribution is -0.102. The summed E-state index contributed by atoms with van der Waals surface area (Å²) in [7, 11) is 0. The van der Waals surface area contributed by atoms with Crippen LogP contribution in [-0.4, -0.2) is 11.9 Å². The predicted octanol–water partition coefficient (Wildman–Crippen LogP) is 5.14. The Morgan fingerprint density at radius 2 is 1.52 bits per heavy atom. The highest BCUT2D eigenvalue weighted by Crippen LogP contribution is 2.36. The predicted molar refractivity (Wildman–Crippen MR) is 99.9 cm³/mol. The molecule has 0 aliphatic rings. The Bertz CT molecular complexity index is 863. The number of allylic oxidation sites excluding steroid dienone is 1. The normalized spacial score (nSPS) is 10.7. The minimum absolute atomic E-state index is 0.0365. The van der Waals surface area contributed by atoms with Crippen molar-refractivity contribution < 1.29 is 27.9 Å². The van der Waals surface area contributed by atoms with Crippen LogP contribution in [0.2, 0.25) is 0 Å². The van der Waals surface area contributed by atoms with Gasteiger partial charge in [0, 0.05) is 11.0 Å². The van der Waals surface area contributed by atoms with Crippen LogP contribution in [0.15, 0.2) is 55.1 Å². The van der Waals surface area contributed by atoms with Gasteiger partial charge in [-0.1, -0.05) is 44.2 Å². The van der Waals surface area contributed by atoms with E-state index in [-0.39, 0.29) is 22.6 Å². The molecule has 142 valence electrons. The quantitative estimate of drug-likeness (QED) is 0.357. The maximum absolute atomic E-state index is 12.0. The molecule has 0 N–H and O–H groups in total. The highest BCUT2D eigenvalue weighted by Gasteiger charge is 2.28. The Morgan fingerprint density at radius 1 is 0.926 bits per heavy atom. The lowest BCUT2D eigenvalue weighted by atomic mass is 9.83. The summed E-state index contributed by atoms with van der Waals surface area (Å²) >= 11 is 10.4. The van der Waals surface area contributed by atoms with Gasteiger partial charge in [0.25, 0.3) is 0 Å². The van der Waals surface area contributed by atoms with Crippen molar-refractivity contribution in [3.05, 3.63) is 71.8 Å². The van der Waals surface area contributed by atoms with Gasteiger partial charge in [-0.05, 0) is 18.2 Å². The fourth-order valence-corrected chi connectivity index (χ4v) is 2.45. The number of rotatable bonds is 7. The first-order valence-corrected chi connectivity index (χ1v) is 8.34. The number of halogens is 2. The first-order chi connectivity index (χ1) is 12.9. The van der Waals surface area contributed by atoms with Crippen LogP contribution in [0.1, 0.15) is 40.1 Å². The molecule has 0 aromatic heterocycles. The summed E-state index contributed by atoms with van der Waals surface area (Å²) in [4.78, 5) is 34.5. The molecular weight excluding hydrogens is 395 g/mol. The van der Waals surface area contributed by atoms with E-state index in [4.69, 9.17) is 33.5 Å². The van der Waals surface area contributed by atoms with Gasteiger partial charge in [-0.2, -0.15) is 0 Å². The highest BCUT2D eigenvalue weighted by atomic mass is 35.5. The summed E-state index contributed by atoms with van der Waals surface area (Å²) in [6.45, 7) is 7.54. The zero-order chi connectivity index (χ0) is 20.0. The largest absolute Gasteiger partial charge is 0.360 e. The van der Waals surface area contributed by atoms with Gasteiger partial charge in [0.2, 0.25) is 0 Å². The number of para-hydroxylation sites is 2. The smallest absolute Gasteiger partial charge is 0.343 e. The van der Waals surface area contributed by atoms with E-state index in [0.717, 1.165) is 0 Å². The van der Waals surface area contributed by atoms with E-state index in [2.05, 4.69) is 15.2 Å². The Hall–Kier alpha value is -2.70. The number of carbonyl (C=O) groups is 2. The monoisotopic (exact) mass is 410 g/mol. The number of hydrogen-bond acceptors (Lipinski definition) is 6. The van der Waals surface area contributed by atoms with Crippen molar-refractivity contribution in [2.75, 3.05) is 0 Å². The number of benzene rings is 2. The SMILES string of the molecule is C=CC(C)(C)c1cccc(C(=O)OCl)c1OOc1ccccc1C(=O)OCl. The Labute approximate surface area is 166 Å². The average molecular weight is 411 g/mol. The van der Waals surface area contributed by atoms with Gasteiger partial charge >= 0.3 is 11.9 Å². The molecule has 0 saturated carbocycles. The maximum Gasteiger partial charge on any atom is 0.360 e. The average Bonchev–Trinajstić information content (AvgIpc) is 2.70. The zero-order valence-corrected chi connectivity index (χ0v) is 16.0. The summed E-state index contributed by atoms with van der Waals surface area (Å²) in [6, 6.07) is 11.0. The summed E-state index contributed by atoms with van der Waals surface area (Å²) in [5.41, 5.74) is 0.0920. The molecule has 0 unspecified atom stereocenters. The van der Waals surface area contributed by atoms with Crippen LogP contribution < -0.4 is 9.78 Å². The molecule has 2 aromatic rings. The Kier molecular flexibility index (Phi) is 6.71. The van der Waals surface area contributed by atoms with Crippen LogP contribution in [0.25, 0.3) is 0 Å². The lowest BCUT2D eigenvalue weighted by Gasteiger charge is -2.24. The minimum Gasteiger partial charge on any atom is -0.343 e. The van der Waals surface area contributed by atoms with Crippen molar-refractivity contribution >= 4 is 35.7 Å². The van der Waals surface area contributed by atoms with Gasteiger partial charge in [-0.15, -0.1) is 6.58 Å². The van der Waals surface area contributed by atoms with Crippen molar-refractivity contribution in [2.24, 2.45) is 0 Å². The van der Waals surface area contributed by atoms with Crippen molar-refractivity contribution in [3.63, 3.8) is 0 Å². The molecule has 27 heavy (non-hydrogen) atoms. The molecule has 0 bridgehead atoms. The minimum atomic E-state index is -0.828. The van der Waals surface area contributed by atoms with E-state index in [1.807, 2.05) is 13.8 Å². The first-order valence-electron chi connectivity index (χ1n) is 7.72. The molecule has 6 nitrogen and oxygen atoms in total. The fourth-order valence-electron chi connectivity index (χ4n) is 2.28. The molecule has 2 rings (SSSR count). The van der Waals surface area contributed by atoms with E-state index in [9.17, 15) is 9.59 Å². The summed E-state index contributed by atoms with van der Waals surface area (Å²) in [5.74, 6) is -1.54. The molecular formula is C19H16Cl2O6. The second-order valence-corrected chi connectivity index (χ2v) is 6.31. The molecule has 0 aliphatic heterocycles. The topological polar surface area (TPSA) is 71.1 Å². The van der Waals surface area contributed by atoms with Crippen LogP contribution in [0.3, 0.4) is 0 Å². The second-order valence-electron chi connectivity index (χ2n) is 6.00. The molecule has 0 atom stereocenters. The Balaban J connectivity index is 2.48. The molecule has 0 aliphatic carbocycles. The van der Waals surface area contributed by atoms with Gasteiger partial charge in [0.15, 0.2) is 11.5 Å². The zero-order valence-electron chi connectivity index (χ0n) is 14.5. The molecule has 0 heterocycles. The van der Waals surface area contributed by atoms with Crippen LogP contribution in [0, 0.1) is 0 Å². The standard InChI is InChI=1S/C19H16Cl2O6/c1-4-19(2,3)14-10-7-9-13(18(23)25-21)16(14)27-26-15-11-6-5-8-12(15)17(22)24-20/h4-11H,1H2,2-3H3. The highest BCUT2D eigenvalue weighted by molar-refractivity contribution is 6.16. The molecule has 0 radical (unpaired) electrons. The van der Waals surface area contributed by atoms with Gasteiger partial charge in [0.1, 0.15) is 34.9 Å². The third-order valence-electron chi connectivity index (χ3n) is 3.90. The van der Waals surface area contributed by atoms with Gasteiger partial charge in [0.05, 0.1) is 0 Å². The lowest BCUT2D eigenvalue weighted by Crippen LogP contribution is -2.19. The summed E-state index contributed by atoms with van der Waals surface area (Å²) in [5, 5.41) is 0. The van der Waals surface area contributed by atoms with E-state index < -0.39 is 17.4 Å². The first kappa shape index (κ1) is 20.6. The second kappa shape index (κ2) is 8.79. The number of carbonyl (C=O) groups excluding carboxylic acids is 2. The molecule has 0 fully saturated rings. The molecule has 0 spiro atoms. The molecule has 0 amide bonds. The van der Waals surface area contributed by atoms with Crippen LogP contribution >= 0.6 is 23.7 Å². The van der Waals surface area contributed by atoms with E-state index in [1.54, 1.807) is 30.3 Å². The van der Waals surface area contributed by atoms with E-state index in [1.165, 1.54) is 18.2 Å². The van der Waals surface area contributed by atoms with E-state index in [0.29, 0.717) is 5.56 Å². The maximum atomic E-state index is 12.0. The summed E-state index contributed by atoms with van der Waals surface area (Å²) < 4.78 is 8.49. The Morgan fingerprint density at radius 3 is 2.15 bits per heavy atom.